The average Bonchev–Trinajstić information content (AvgIpc) is 3.24. The molecule has 0 radical (unpaired) electrons. The van der Waals surface area contributed by atoms with Crippen molar-refractivity contribution in [3.8, 4) is 5.75 Å². The van der Waals surface area contributed by atoms with E-state index in [-0.39, 0.29) is 35.0 Å². The van der Waals surface area contributed by atoms with E-state index in [0.29, 0.717) is 12.2 Å². The van der Waals surface area contributed by atoms with E-state index in [9.17, 15) is 20.2 Å². The quantitative estimate of drug-likeness (QED) is 0.0536. The van der Waals surface area contributed by atoms with E-state index in [4.69, 9.17) is 4.74 Å². The molecular formula is C50H42N2O5. The van der Waals surface area contributed by atoms with E-state index in [1.807, 2.05) is 6.08 Å². The van der Waals surface area contributed by atoms with Crippen molar-refractivity contribution in [3.05, 3.63) is 213 Å². The van der Waals surface area contributed by atoms with Gasteiger partial charge in [0.1, 0.15) is 5.75 Å². The minimum atomic E-state index is -0.566. The van der Waals surface area contributed by atoms with Crippen molar-refractivity contribution in [3.63, 3.8) is 0 Å². The van der Waals surface area contributed by atoms with Gasteiger partial charge in [0.2, 0.25) is 0 Å². The van der Waals surface area contributed by atoms with Gasteiger partial charge in [-0.15, -0.1) is 0 Å². The Morgan fingerprint density at radius 2 is 0.877 bits per heavy atom. The highest BCUT2D eigenvalue weighted by Gasteiger charge is 2.51. The lowest BCUT2D eigenvalue weighted by Gasteiger charge is -2.49. The highest BCUT2D eigenvalue weighted by molar-refractivity contribution is 5.87. The third kappa shape index (κ3) is 5.47. The van der Waals surface area contributed by atoms with Crippen molar-refractivity contribution in [2.45, 2.75) is 69.1 Å². The Hall–Kier alpha value is -6.34. The van der Waals surface area contributed by atoms with E-state index in [0.717, 1.165) is 30.2 Å². The summed E-state index contributed by atoms with van der Waals surface area (Å²) < 4.78 is 7.30. The Kier molecular flexibility index (Phi) is 8.62. The lowest BCUT2D eigenvalue weighted by atomic mass is 9.54. The molecule has 0 heterocycles. The fraction of sp³-hybridized carbons (Fsp3) is 0.240. The molecule has 12 rings (SSSR count). The number of rotatable bonds is 12. The van der Waals surface area contributed by atoms with Gasteiger partial charge in [-0.2, -0.15) is 0 Å². The number of ether oxygens (including phenoxy) is 1. The fourth-order valence-corrected chi connectivity index (χ4v) is 10.6. The first-order valence-electron chi connectivity index (χ1n) is 20.3. The zero-order valence-electron chi connectivity index (χ0n) is 31.8. The van der Waals surface area contributed by atoms with Gasteiger partial charge < -0.3 is 4.74 Å². The van der Waals surface area contributed by atoms with E-state index < -0.39 is 9.85 Å². The molecule has 7 nitrogen and oxygen atoms in total. The van der Waals surface area contributed by atoms with Crippen molar-refractivity contribution in [1.82, 2.24) is 0 Å². The van der Waals surface area contributed by atoms with E-state index >= 15 is 0 Å². The summed E-state index contributed by atoms with van der Waals surface area (Å²) in [6.45, 7) is 2.87. The average molecular weight is 751 g/mol. The van der Waals surface area contributed by atoms with Gasteiger partial charge in [0, 0.05) is 46.9 Å². The molecule has 0 saturated heterocycles. The van der Waals surface area contributed by atoms with Crippen LogP contribution in [0.15, 0.2) is 115 Å². The number of hydrogen-bond acceptors (Lipinski definition) is 5. The minimum absolute atomic E-state index is 0.0563. The van der Waals surface area contributed by atoms with Gasteiger partial charge in [0.05, 0.1) is 22.5 Å². The van der Waals surface area contributed by atoms with Crippen LogP contribution >= 0.6 is 0 Å². The maximum absolute atomic E-state index is 12.0. The van der Waals surface area contributed by atoms with Crippen LogP contribution in [0, 0.1) is 20.2 Å². The second-order valence-corrected chi connectivity index (χ2v) is 15.9. The molecule has 0 saturated carbocycles. The van der Waals surface area contributed by atoms with Gasteiger partial charge in [-0.05, 0) is 73.2 Å². The Morgan fingerprint density at radius 3 is 1.26 bits per heavy atom. The summed E-state index contributed by atoms with van der Waals surface area (Å²) in [6.07, 6.45) is 10.9. The number of nitro benzene ring substituents is 2. The predicted molar refractivity (Wildman–Crippen MR) is 224 cm³/mol. The van der Waals surface area contributed by atoms with Crippen LogP contribution in [-0.4, -0.2) is 16.5 Å². The Morgan fingerprint density at radius 1 is 0.509 bits per heavy atom. The predicted octanol–water partition coefficient (Wildman–Crippen LogP) is 12.4. The summed E-state index contributed by atoms with van der Waals surface area (Å²) in [7, 11) is 0. The molecule has 6 aliphatic rings. The third-order valence-corrected chi connectivity index (χ3v) is 12.8. The zero-order chi connectivity index (χ0) is 38.8. The molecule has 57 heavy (non-hydrogen) atoms. The first kappa shape index (κ1) is 35.1. The Labute approximate surface area is 332 Å². The van der Waals surface area contributed by atoms with Crippen LogP contribution in [-0.2, 0) is 0 Å². The van der Waals surface area contributed by atoms with Gasteiger partial charge in [-0.1, -0.05) is 148 Å². The maximum Gasteiger partial charge on any atom is 0.276 e. The zero-order valence-corrected chi connectivity index (χ0v) is 31.8. The van der Waals surface area contributed by atoms with Crippen LogP contribution in [0.1, 0.15) is 147 Å². The van der Waals surface area contributed by atoms with Gasteiger partial charge >= 0.3 is 0 Å². The molecule has 6 aromatic rings. The van der Waals surface area contributed by atoms with E-state index in [1.165, 1.54) is 105 Å². The number of unbranched alkanes of at least 4 members (excludes halogenated alkanes) is 5. The lowest BCUT2D eigenvalue weighted by Crippen LogP contribution is -2.34. The van der Waals surface area contributed by atoms with Crippen molar-refractivity contribution in [2.75, 3.05) is 6.61 Å². The van der Waals surface area contributed by atoms with Crippen LogP contribution < -0.4 is 4.74 Å². The lowest BCUT2D eigenvalue weighted by molar-refractivity contribution is -0.394. The molecule has 6 aliphatic carbocycles. The molecule has 0 fully saturated rings. The van der Waals surface area contributed by atoms with Gasteiger partial charge in [0.25, 0.3) is 11.4 Å². The molecule has 0 unspecified atom stereocenters. The first-order valence-corrected chi connectivity index (χ1v) is 20.3. The van der Waals surface area contributed by atoms with Gasteiger partial charge in [0.15, 0.2) is 0 Å². The van der Waals surface area contributed by atoms with Crippen LogP contribution in [0.4, 0.5) is 11.4 Å². The van der Waals surface area contributed by atoms with Crippen molar-refractivity contribution in [2.24, 2.45) is 0 Å². The molecule has 282 valence electrons. The number of benzene rings is 6. The second kappa shape index (κ2) is 14.0. The monoisotopic (exact) mass is 750 g/mol. The molecule has 0 aromatic heterocycles. The Bertz CT molecular complexity index is 2410. The topological polar surface area (TPSA) is 95.5 Å². The minimum Gasteiger partial charge on any atom is -0.493 e. The van der Waals surface area contributed by atoms with Crippen LogP contribution in [0.2, 0.25) is 0 Å². The van der Waals surface area contributed by atoms with Crippen LogP contribution in [0.3, 0.4) is 0 Å². The van der Waals surface area contributed by atoms with Crippen LogP contribution in [0.25, 0.3) is 12.2 Å². The third-order valence-electron chi connectivity index (χ3n) is 12.8. The summed E-state index contributed by atoms with van der Waals surface area (Å²) >= 11 is 0. The van der Waals surface area contributed by atoms with Gasteiger partial charge in [-0.25, -0.2) is 0 Å². The molecule has 0 amide bonds. The second-order valence-electron chi connectivity index (χ2n) is 15.9. The summed E-state index contributed by atoms with van der Waals surface area (Å²) in [6, 6.07) is 39.1. The molecule has 0 spiro atoms. The molecular weight excluding hydrogens is 709 g/mol. The number of non-ortho nitro benzene ring substituents is 2. The SMILES string of the molecule is CCCCCCCCOc1c2c(c(/C=C\c3cc([N+](=O)[O-])cc([N+](=O)[O-])c3)c3c1C1c4ccccc4C3c3ccccc31)C1c3ccccc3C2c2ccccc21. The summed E-state index contributed by atoms with van der Waals surface area (Å²) in [5.41, 5.74) is 16.0. The first-order chi connectivity index (χ1) is 28.0. The fourth-order valence-electron chi connectivity index (χ4n) is 10.6. The number of nitrogens with zero attached hydrogens (tertiary/aromatic N) is 2. The molecule has 0 atom stereocenters. The normalized spacial score (nSPS) is 18.6. The summed E-state index contributed by atoms with van der Waals surface area (Å²) in [4.78, 5) is 22.8. The standard InChI is InChI=1S/C50H42N2O5/c1-2-3-4-5-6-15-26-57-50-48-44-37-20-11-7-16-33(37)42(34-17-8-12-21-38(34)44)46(48)41(25-24-30-27-31(51(53)54)29-32(28-30)52(55)56)47-43-35-18-9-13-22-39(35)45(49(47)50)40-23-14-10-19-36(40)43/h7-14,16-25,27-29,42-45H,2-6,15,26H2,1H3/b25-24-. The number of hydrogen-bond donors (Lipinski definition) is 0. The Balaban J connectivity index is 1.27. The van der Waals surface area contributed by atoms with Crippen molar-refractivity contribution >= 4 is 23.5 Å². The highest BCUT2D eigenvalue weighted by atomic mass is 16.6. The van der Waals surface area contributed by atoms with E-state index in [1.54, 1.807) is 0 Å². The summed E-state index contributed by atoms with van der Waals surface area (Å²) in [5, 5.41) is 24.0. The van der Waals surface area contributed by atoms with Crippen molar-refractivity contribution < 1.29 is 14.6 Å². The molecule has 4 bridgehead atoms. The number of nitro groups is 2. The summed E-state index contributed by atoms with van der Waals surface area (Å²) in [5.74, 6) is 0.724. The largest absolute Gasteiger partial charge is 0.493 e. The molecule has 0 N–H and O–H groups in total. The maximum atomic E-state index is 12.0. The highest BCUT2D eigenvalue weighted by Crippen LogP contribution is 2.66. The van der Waals surface area contributed by atoms with E-state index in [2.05, 4.69) is 110 Å². The smallest absolute Gasteiger partial charge is 0.276 e. The molecule has 7 heteroatoms. The molecule has 0 aliphatic heterocycles. The van der Waals surface area contributed by atoms with Crippen molar-refractivity contribution in [1.29, 1.82) is 0 Å². The van der Waals surface area contributed by atoms with Crippen LogP contribution in [0.5, 0.6) is 5.75 Å². The van der Waals surface area contributed by atoms with Gasteiger partial charge in [-0.3, -0.25) is 20.2 Å². The molecule has 6 aromatic carbocycles.